The molecule has 116 valence electrons. The Bertz CT molecular complexity index is 641. The summed E-state index contributed by atoms with van der Waals surface area (Å²) in [7, 11) is 1.36. The van der Waals surface area contributed by atoms with Crippen LogP contribution in [0, 0.1) is 5.92 Å². The minimum Gasteiger partial charge on any atom is -0.325 e. The largest absolute Gasteiger partial charge is 0.325 e. The first-order valence-electron chi connectivity index (χ1n) is 6.57. The molecule has 1 aromatic rings. The van der Waals surface area contributed by atoms with Crippen LogP contribution in [0.3, 0.4) is 0 Å². The summed E-state index contributed by atoms with van der Waals surface area (Å²) in [5.41, 5.74) is 0.438. The Balaban J connectivity index is 2.07. The number of nitrogens with one attached hydrogen (secondary N) is 1. The lowest BCUT2D eigenvalue weighted by atomic mass is 10.00. The molecule has 2 amide bonds. The fraction of sp³-hybridized carbons (Fsp3) is 0.462. The van der Waals surface area contributed by atoms with E-state index >= 15 is 0 Å². The minimum atomic E-state index is -3.89. The van der Waals surface area contributed by atoms with E-state index in [2.05, 4.69) is 12.2 Å². The summed E-state index contributed by atoms with van der Waals surface area (Å²) in [6.07, 6.45) is 1.97. The highest BCUT2D eigenvalue weighted by Crippen LogP contribution is 2.28. The molecular formula is C13H16Cl2N2O3S. The number of carbonyl (C=O) groups excluding carboxylic acids is 1. The number of hydrogen-bond acceptors (Lipinski definition) is 3. The van der Waals surface area contributed by atoms with E-state index in [9.17, 15) is 13.2 Å². The number of anilines is 1. The molecule has 1 aromatic carbocycles. The first kappa shape index (κ1) is 16.4. The molecule has 1 aliphatic heterocycles. The summed E-state index contributed by atoms with van der Waals surface area (Å²) in [5.74, 6) is 0.636. The maximum atomic E-state index is 12.1. The zero-order chi connectivity index (χ0) is 15.6. The molecule has 8 heteroatoms. The van der Waals surface area contributed by atoms with Crippen molar-refractivity contribution >= 4 is 43.1 Å². The van der Waals surface area contributed by atoms with Crippen LogP contribution in [-0.4, -0.2) is 32.4 Å². The zero-order valence-electron chi connectivity index (χ0n) is 11.5. The van der Waals surface area contributed by atoms with Crippen LogP contribution in [0.2, 0.25) is 5.02 Å². The second-order valence-electron chi connectivity index (χ2n) is 5.18. The lowest BCUT2D eigenvalue weighted by Crippen LogP contribution is -2.40. The quantitative estimate of drug-likeness (QED) is 0.829. The van der Waals surface area contributed by atoms with E-state index in [-0.39, 0.29) is 15.9 Å². The molecule has 0 spiro atoms. The van der Waals surface area contributed by atoms with Gasteiger partial charge in [0.1, 0.15) is 4.90 Å². The third kappa shape index (κ3) is 4.25. The Hall–Kier alpha value is -0.980. The summed E-state index contributed by atoms with van der Waals surface area (Å²) < 4.78 is 22.5. The molecule has 21 heavy (non-hydrogen) atoms. The van der Waals surface area contributed by atoms with Crippen LogP contribution >= 0.6 is 22.3 Å². The maximum Gasteiger partial charge on any atom is 0.321 e. The van der Waals surface area contributed by atoms with E-state index in [1.807, 2.05) is 0 Å². The number of nitrogens with zero attached hydrogens (tertiary/aromatic N) is 1. The van der Waals surface area contributed by atoms with Gasteiger partial charge in [-0.05, 0) is 37.0 Å². The Morgan fingerprint density at radius 2 is 1.95 bits per heavy atom. The maximum absolute atomic E-state index is 12.1. The number of urea groups is 1. The Morgan fingerprint density at radius 3 is 2.48 bits per heavy atom. The fourth-order valence-corrected chi connectivity index (χ4v) is 3.72. The summed E-state index contributed by atoms with van der Waals surface area (Å²) in [6, 6.07) is 3.91. The molecule has 0 radical (unpaired) electrons. The van der Waals surface area contributed by atoms with Gasteiger partial charge >= 0.3 is 6.03 Å². The van der Waals surface area contributed by atoms with Crippen molar-refractivity contribution in [2.75, 3.05) is 18.4 Å². The molecule has 2 rings (SSSR count). The Labute approximate surface area is 133 Å². The first-order valence-corrected chi connectivity index (χ1v) is 9.26. The lowest BCUT2D eigenvalue weighted by Gasteiger charge is -2.30. The SMILES string of the molecule is CC1CCN(C(=O)Nc2ccc(S(=O)(=O)Cl)c(Cl)c2)CC1. The molecule has 0 bridgehead atoms. The van der Waals surface area contributed by atoms with Crippen LogP contribution < -0.4 is 5.32 Å². The van der Waals surface area contributed by atoms with Gasteiger partial charge in [-0.3, -0.25) is 0 Å². The molecule has 0 aromatic heterocycles. The predicted octanol–water partition coefficient (Wildman–Crippen LogP) is 3.53. The van der Waals surface area contributed by atoms with E-state index < -0.39 is 9.05 Å². The number of halogens is 2. The summed E-state index contributed by atoms with van der Waals surface area (Å²) in [5, 5.41) is 2.69. The molecule has 1 fully saturated rings. The van der Waals surface area contributed by atoms with Crippen LogP contribution in [-0.2, 0) is 9.05 Å². The van der Waals surface area contributed by atoms with Gasteiger partial charge in [0.25, 0.3) is 9.05 Å². The monoisotopic (exact) mass is 350 g/mol. The number of carbonyl (C=O) groups is 1. The Morgan fingerprint density at radius 1 is 1.33 bits per heavy atom. The third-order valence-corrected chi connectivity index (χ3v) is 5.32. The molecule has 0 unspecified atom stereocenters. The van der Waals surface area contributed by atoms with Gasteiger partial charge in [-0.2, -0.15) is 0 Å². The zero-order valence-corrected chi connectivity index (χ0v) is 13.8. The highest BCUT2D eigenvalue weighted by Gasteiger charge is 2.21. The highest BCUT2D eigenvalue weighted by atomic mass is 35.7. The van der Waals surface area contributed by atoms with E-state index in [1.54, 1.807) is 4.90 Å². The molecule has 1 saturated heterocycles. The van der Waals surface area contributed by atoms with E-state index in [0.29, 0.717) is 11.6 Å². The van der Waals surface area contributed by atoms with Gasteiger partial charge in [-0.15, -0.1) is 0 Å². The number of likely N-dealkylation sites (tertiary alicyclic amines) is 1. The third-order valence-electron chi connectivity index (χ3n) is 3.52. The molecular weight excluding hydrogens is 335 g/mol. The van der Waals surface area contributed by atoms with Crippen LogP contribution in [0.4, 0.5) is 10.5 Å². The van der Waals surface area contributed by atoms with Crippen LogP contribution in [0.5, 0.6) is 0 Å². The van der Waals surface area contributed by atoms with Gasteiger partial charge in [0, 0.05) is 29.5 Å². The second kappa shape index (κ2) is 6.42. The van der Waals surface area contributed by atoms with Crippen molar-refractivity contribution in [2.45, 2.75) is 24.7 Å². The highest BCUT2D eigenvalue weighted by molar-refractivity contribution is 8.13. The van der Waals surface area contributed by atoms with Gasteiger partial charge in [0.15, 0.2) is 0 Å². The van der Waals surface area contributed by atoms with E-state index in [4.69, 9.17) is 22.3 Å². The molecule has 1 N–H and O–H groups in total. The van der Waals surface area contributed by atoms with Gasteiger partial charge in [0.2, 0.25) is 0 Å². The molecule has 5 nitrogen and oxygen atoms in total. The normalized spacial score (nSPS) is 16.8. The molecule has 1 aliphatic rings. The summed E-state index contributed by atoms with van der Waals surface area (Å²) >= 11 is 5.87. The lowest BCUT2D eigenvalue weighted by molar-refractivity contribution is 0.186. The number of hydrogen-bond donors (Lipinski definition) is 1. The number of rotatable bonds is 2. The minimum absolute atomic E-state index is 0.0185. The summed E-state index contributed by atoms with van der Waals surface area (Å²) in [4.78, 5) is 13.7. The number of benzene rings is 1. The van der Waals surface area contributed by atoms with Crippen LogP contribution in [0.25, 0.3) is 0 Å². The first-order chi connectivity index (χ1) is 9.77. The van der Waals surface area contributed by atoms with E-state index in [1.165, 1.54) is 18.2 Å². The molecule has 0 saturated carbocycles. The second-order valence-corrected chi connectivity index (χ2v) is 8.12. The van der Waals surface area contributed by atoms with Gasteiger partial charge in [0.05, 0.1) is 5.02 Å². The van der Waals surface area contributed by atoms with Crippen molar-refractivity contribution in [1.29, 1.82) is 0 Å². The van der Waals surface area contributed by atoms with Crippen molar-refractivity contribution < 1.29 is 13.2 Å². The van der Waals surface area contributed by atoms with E-state index in [0.717, 1.165) is 25.9 Å². The standard InChI is InChI=1S/C13H16Cl2N2O3S/c1-9-4-6-17(7-5-9)13(18)16-10-2-3-12(11(14)8-10)21(15,19)20/h2-3,8-9H,4-7H2,1H3,(H,16,18). The van der Waals surface area contributed by atoms with Crippen molar-refractivity contribution in [1.82, 2.24) is 4.90 Å². The van der Waals surface area contributed by atoms with Gasteiger partial charge in [-0.1, -0.05) is 18.5 Å². The van der Waals surface area contributed by atoms with Gasteiger partial charge < -0.3 is 10.2 Å². The molecule has 0 aliphatic carbocycles. The number of amides is 2. The fourth-order valence-electron chi connectivity index (χ4n) is 2.19. The van der Waals surface area contributed by atoms with Crippen molar-refractivity contribution in [3.8, 4) is 0 Å². The topological polar surface area (TPSA) is 66.5 Å². The van der Waals surface area contributed by atoms with Crippen molar-refractivity contribution in [3.05, 3.63) is 23.2 Å². The van der Waals surface area contributed by atoms with Crippen molar-refractivity contribution in [3.63, 3.8) is 0 Å². The molecule has 1 heterocycles. The van der Waals surface area contributed by atoms with Crippen LogP contribution in [0.1, 0.15) is 19.8 Å². The average Bonchev–Trinajstić information content (AvgIpc) is 2.37. The predicted molar refractivity (Wildman–Crippen MR) is 83.5 cm³/mol. The van der Waals surface area contributed by atoms with Gasteiger partial charge in [-0.25, -0.2) is 13.2 Å². The smallest absolute Gasteiger partial charge is 0.321 e. The molecule has 0 atom stereocenters. The van der Waals surface area contributed by atoms with Crippen LogP contribution in [0.15, 0.2) is 23.1 Å². The average molecular weight is 351 g/mol. The number of piperidine rings is 1. The summed E-state index contributed by atoms with van der Waals surface area (Å²) in [6.45, 7) is 3.60. The Kier molecular flexibility index (Phi) is 5.01. The van der Waals surface area contributed by atoms with Crippen molar-refractivity contribution in [2.24, 2.45) is 5.92 Å².